The number of para-hydroxylation sites is 1. The van der Waals surface area contributed by atoms with Crippen molar-refractivity contribution in [2.24, 2.45) is 0 Å². The highest BCUT2D eigenvalue weighted by Crippen LogP contribution is 2.39. The van der Waals surface area contributed by atoms with E-state index in [1.165, 1.54) is 10.9 Å². The number of hydrogen-bond acceptors (Lipinski definition) is 4. The number of pyridine rings is 1. The quantitative estimate of drug-likeness (QED) is 0.551. The Kier molecular flexibility index (Phi) is 3.71. The lowest BCUT2D eigenvalue weighted by Gasteiger charge is -2.21. The average Bonchev–Trinajstić information content (AvgIpc) is 3.30. The predicted octanol–water partition coefficient (Wildman–Crippen LogP) is 4.80. The van der Waals surface area contributed by atoms with Crippen molar-refractivity contribution in [3.05, 3.63) is 83.7 Å². The molecule has 5 heteroatoms. The summed E-state index contributed by atoms with van der Waals surface area (Å²) in [5.74, 6) is 2.38. The van der Waals surface area contributed by atoms with Crippen LogP contribution >= 0.6 is 0 Å². The maximum Gasteiger partial charge on any atom is 0.231 e. The molecule has 134 valence electrons. The van der Waals surface area contributed by atoms with Gasteiger partial charge in [-0.2, -0.15) is 0 Å². The Labute approximate surface area is 157 Å². The first kappa shape index (κ1) is 15.8. The molecule has 1 atom stereocenters. The molecular formula is C22H19N3O2. The molecule has 0 spiro atoms. The monoisotopic (exact) mass is 357 g/mol. The highest BCUT2D eigenvalue weighted by Gasteiger charge is 2.24. The van der Waals surface area contributed by atoms with E-state index in [1.54, 1.807) is 6.20 Å². The number of aromatic nitrogens is 2. The van der Waals surface area contributed by atoms with Crippen LogP contribution in [-0.2, 0) is 0 Å². The number of nitrogens with zero attached hydrogens (tertiary/aromatic N) is 1. The van der Waals surface area contributed by atoms with Gasteiger partial charge in [0.1, 0.15) is 5.82 Å². The van der Waals surface area contributed by atoms with E-state index in [0.29, 0.717) is 0 Å². The number of rotatable bonds is 4. The van der Waals surface area contributed by atoms with Gasteiger partial charge in [0, 0.05) is 28.4 Å². The zero-order chi connectivity index (χ0) is 18.2. The smallest absolute Gasteiger partial charge is 0.231 e. The number of hydrogen-bond donors (Lipinski definition) is 2. The standard InChI is InChI=1S/C22H19N3O2/c1-14-21(16-6-2-3-7-17(16)24-14)22(25-20-8-4-5-11-23-20)15-9-10-18-19(12-15)27-13-26-18/h2-12,22,24H,13H2,1H3,(H,23,25). The Morgan fingerprint density at radius 2 is 1.85 bits per heavy atom. The van der Waals surface area contributed by atoms with Crippen LogP contribution in [0.25, 0.3) is 10.9 Å². The molecule has 5 nitrogen and oxygen atoms in total. The number of fused-ring (bicyclic) bond motifs is 2. The minimum atomic E-state index is -0.0782. The van der Waals surface area contributed by atoms with E-state index in [0.717, 1.165) is 34.1 Å². The van der Waals surface area contributed by atoms with Gasteiger partial charge in [0.2, 0.25) is 6.79 Å². The van der Waals surface area contributed by atoms with Crippen LogP contribution in [0.1, 0.15) is 22.9 Å². The summed E-state index contributed by atoms with van der Waals surface area (Å²) in [5, 5.41) is 4.79. The molecule has 0 aliphatic carbocycles. The summed E-state index contributed by atoms with van der Waals surface area (Å²) in [6.45, 7) is 2.37. The summed E-state index contributed by atoms with van der Waals surface area (Å²) in [7, 11) is 0. The van der Waals surface area contributed by atoms with E-state index < -0.39 is 0 Å². The van der Waals surface area contributed by atoms with Crippen LogP contribution in [0.3, 0.4) is 0 Å². The molecule has 0 saturated heterocycles. The van der Waals surface area contributed by atoms with Gasteiger partial charge < -0.3 is 19.8 Å². The molecule has 0 bridgehead atoms. The average molecular weight is 357 g/mol. The lowest BCUT2D eigenvalue weighted by molar-refractivity contribution is 0.174. The molecule has 0 fully saturated rings. The largest absolute Gasteiger partial charge is 0.454 e. The third-order valence-corrected chi connectivity index (χ3v) is 4.92. The molecule has 1 aliphatic heterocycles. The van der Waals surface area contributed by atoms with Crippen LogP contribution in [0.5, 0.6) is 11.5 Å². The molecule has 2 N–H and O–H groups in total. The Balaban J connectivity index is 1.67. The molecule has 4 aromatic rings. The summed E-state index contributed by atoms with van der Waals surface area (Å²) in [6, 6.07) is 20.2. The normalized spacial score (nSPS) is 13.7. The topological polar surface area (TPSA) is 59.2 Å². The van der Waals surface area contributed by atoms with E-state index >= 15 is 0 Å². The van der Waals surface area contributed by atoms with Crippen molar-refractivity contribution in [3.8, 4) is 11.5 Å². The Morgan fingerprint density at radius 1 is 1.00 bits per heavy atom. The Morgan fingerprint density at radius 3 is 2.74 bits per heavy atom. The van der Waals surface area contributed by atoms with Crippen LogP contribution in [0.15, 0.2) is 66.9 Å². The lowest BCUT2D eigenvalue weighted by atomic mass is 9.95. The van der Waals surface area contributed by atoms with E-state index in [9.17, 15) is 0 Å². The van der Waals surface area contributed by atoms with Gasteiger partial charge >= 0.3 is 0 Å². The van der Waals surface area contributed by atoms with Crippen molar-refractivity contribution in [1.82, 2.24) is 9.97 Å². The number of anilines is 1. The molecule has 2 aromatic carbocycles. The molecule has 0 radical (unpaired) electrons. The number of nitrogens with one attached hydrogen (secondary N) is 2. The van der Waals surface area contributed by atoms with Crippen molar-refractivity contribution >= 4 is 16.7 Å². The van der Waals surface area contributed by atoms with Crippen molar-refractivity contribution in [2.75, 3.05) is 12.1 Å². The molecule has 2 aromatic heterocycles. The van der Waals surface area contributed by atoms with Gasteiger partial charge in [-0.1, -0.05) is 30.3 Å². The molecule has 0 saturated carbocycles. The molecule has 5 rings (SSSR count). The van der Waals surface area contributed by atoms with Gasteiger partial charge in [-0.25, -0.2) is 4.98 Å². The van der Waals surface area contributed by atoms with E-state index in [-0.39, 0.29) is 12.8 Å². The fraction of sp³-hybridized carbons (Fsp3) is 0.136. The number of H-pyrrole nitrogens is 1. The van der Waals surface area contributed by atoms with Crippen molar-refractivity contribution < 1.29 is 9.47 Å². The summed E-state index contributed by atoms with van der Waals surface area (Å²) in [6.07, 6.45) is 1.79. The molecular weight excluding hydrogens is 338 g/mol. The van der Waals surface area contributed by atoms with Gasteiger partial charge in [0.15, 0.2) is 11.5 Å². The number of aryl methyl sites for hydroxylation is 1. The Hall–Kier alpha value is -3.47. The van der Waals surface area contributed by atoms with Gasteiger partial charge in [-0.3, -0.25) is 0 Å². The maximum atomic E-state index is 5.60. The summed E-state index contributed by atoms with van der Waals surface area (Å²) in [4.78, 5) is 7.96. The second-order valence-electron chi connectivity index (χ2n) is 6.61. The number of aromatic amines is 1. The lowest BCUT2D eigenvalue weighted by Crippen LogP contribution is -2.14. The molecule has 3 heterocycles. The molecule has 0 amide bonds. The number of benzene rings is 2. The van der Waals surface area contributed by atoms with Crippen LogP contribution in [0.2, 0.25) is 0 Å². The van der Waals surface area contributed by atoms with Crippen LogP contribution in [0, 0.1) is 6.92 Å². The molecule has 27 heavy (non-hydrogen) atoms. The van der Waals surface area contributed by atoms with E-state index in [1.807, 2.05) is 36.4 Å². The third kappa shape index (κ3) is 2.77. The first-order valence-electron chi connectivity index (χ1n) is 8.94. The van der Waals surface area contributed by atoms with E-state index in [2.05, 4.69) is 46.5 Å². The second kappa shape index (κ2) is 6.36. The first-order chi connectivity index (χ1) is 13.3. The van der Waals surface area contributed by atoms with Crippen LogP contribution in [-0.4, -0.2) is 16.8 Å². The molecule has 1 aliphatic rings. The summed E-state index contributed by atoms with van der Waals surface area (Å²) < 4.78 is 11.1. The van der Waals surface area contributed by atoms with Gasteiger partial charge in [0.05, 0.1) is 6.04 Å². The summed E-state index contributed by atoms with van der Waals surface area (Å²) in [5.41, 5.74) is 4.55. The van der Waals surface area contributed by atoms with Gasteiger partial charge in [-0.05, 0) is 42.8 Å². The fourth-order valence-corrected chi connectivity index (χ4v) is 3.68. The minimum absolute atomic E-state index is 0.0782. The number of ether oxygens (including phenoxy) is 2. The predicted molar refractivity (Wildman–Crippen MR) is 105 cm³/mol. The van der Waals surface area contributed by atoms with Crippen molar-refractivity contribution in [1.29, 1.82) is 0 Å². The van der Waals surface area contributed by atoms with Gasteiger partial charge in [-0.15, -0.1) is 0 Å². The van der Waals surface area contributed by atoms with Crippen molar-refractivity contribution in [3.63, 3.8) is 0 Å². The van der Waals surface area contributed by atoms with Gasteiger partial charge in [0.25, 0.3) is 0 Å². The van der Waals surface area contributed by atoms with Crippen LogP contribution in [0.4, 0.5) is 5.82 Å². The third-order valence-electron chi connectivity index (χ3n) is 4.92. The molecule has 1 unspecified atom stereocenters. The van der Waals surface area contributed by atoms with Crippen molar-refractivity contribution in [2.45, 2.75) is 13.0 Å². The van der Waals surface area contributed by atoms with E-state index in [4.69, 9.17) is 9.47 Å². The zero-order valence-corrected chi connectivity index (χ0v) is 14.9. The fourth-order valence-electron chi connectivity index (χ4n) is 3.68. The first-order valence-corrected chi connectivity index (χ1v) is 8.94. The van der Waals surface area contributed by atoms with Crippen LogP contribution < -0.4 is 14.8 Å². The highest BCUT2D eigenvalue weighted by atomic mass is 16.7. The second-order valence-corrected chi connectivity index (χ2v) is 6.61. The highest BCUT2D eigenvalue weighted by molar-refractivity contribution is 5.86. The zero-order valence-electron chi connectivity index (χ0n) is 14.9. The summed E-state index contributed by atoms with van der Waals surface area (Å²) >= 11 is 0. The SMILES string of the molecule is Cc1[nH]c2ccccc2c1C(Nc1ccccn1)c1ccc2c(c1)OCO2. The Bertz CT molecular complexity index is 1110. The minimum Gasteiger partial charge on any atom is -0.454 e. The maximum absolute atomic E-state index is 5.60.